The predicted octanol–water partition coefficient (Wildman–Crippen LogP) is 5.48. The van der Waals surface area contributed by atoms with E-state index in [1.54, 1.807) is 29.8 Å². The number of hydrogen-bond acceptors (Lipinski definition) is 7. The fourth-order valence-corrected chi connectivity index (χ4v) is 7.09. The highest BCUT2D eigenvalue weighted by Gasteiger charge is 2.25. The number of benzene rings is 1. The van der Waals surface area contributed by atoms with Crippen molar-refractivity contribution in [2.45, 2.75) is 52.0 Å². The minimum atomic E-state index is 0.320. The molecule has 8 heteroatoms. The Kier molecular flexibility index (Phi) is 7.20. The number of carbonyl (C=O) groups is 1. The summed E-state index contributed by atoms with van der Waals surface area (Å²) in [6.07, 6.45) is 8.97. The molecule has 1 aromatic carbocycles. The van der Waals surface area contributed by atoms with Gasteiger partial charge in [0.05, 0.1) is 22.4 Å². The van der Waals surface area contributed by atoms with E-state index >= 15 is 0 Å². The monoisotopic (exact) mass is 494 g/mol. The van der Waals surface area contributed by atoms with Gasteiger partial charge in [0.25, 0.3) is 0 Å². The van der Waals surface area contributed by atoms with E-state index in [9.17, 15) is 4.79 Å². The van der Waals surface area contributed by atoms with Crippen LogP contribution in [0, 0.1) is 6.92 Å². The van der Waals surface area contributed by atoms with Crippen molar-refractivity contribution in [1.82, 2.24) is 19.9 Å². The smallest absolute Gasteiger partial charge is 0.138 e. The summed E-state index contributed by atoms with van der Waals surface area (Å²) in [7, 11) is 1.72. The van der Waals surface area contributed by atoms with Crippen LogP contribution in [0.5, 0.6) is 0 Å². The molecule has 4 heterocycles. The van der Waals surface area contributed by atoms with Crippen LogP contribution in [0.1, 0.15) is 46.7 Å². The molecule has 0 atom stereocenters. The van der Waals surface area contributed by atoms with Crippen LogP contribution in [0.4, 0.5) is 0 Å². The Balaban J connectivity index is 1.47. The molecule has 0 radical (unpaired) electrons. The number of carbonyl (C=O) groups excluding carboxylic acids is 1. The van der Waals surface area contributed by atoms with Crippen molar-refractivity contribution in [1.29, 1.82) is 0 Å². The van der Waals surface area contributed by atoms with Gasteiger partial charge in [-0.1, -0.05) is 12.5 Å². The number of para-hydroxylation sites is 1. The van der Waals surface area contributed by atoms with Crippen molar-refractivity contribution >= 4 is 38.7 Å². The summed E-state index contributed by atoms with van der Waals surface area (Å²) >= 11 is 3.52. The zero-order valence-electron chi connectivity index (χ0n) is 19.7. The van der Waals surface area contributed by atoms with E-state index in [1.807, 2.05) is 24.0 Å². The number of aryl methyl sites for hydroxylation is 1. The minimum absolute atomic E-state index is 0.320. The molecule has 0 saturated heterocycles. The summed E-state index contributed by atoms with van der Waals surface area (Å²) < 4.78 is 8.32. The highest BCUT2D eigenvalue weighted by atomic mass is 32.1. The van der Waals surface area contributed by atoms with Crippen molar-refractivity contribution in [2.24, 2.45) is 0 Å². The lowest BCUT2D eigenvalue weighted by molar-refractivity contribution is -0.118. The quantitative estimate of drug-likeness (QED) is 0.296. The number of hydrogen-bond donors (Lipinski definition) is 1. The van der Waals surface area contributed by atoms with Crippen LogP contribution in [0.2, 0.25) is 0 Å². The van der Waals surface area contributed by atoms with Crippen molar-refractivity contribution < 1.29 is 9.53 Å². The lowest BCUT2D eigenvalue weighted by Crippen LogP contribution is -2.22. The summed E-state index contributed by atoms with van der Waals surface area (Å²) in [4.78, 5) is 25.0. The lowest BCUT2D eigenvalue weighted by atomic mass is 10.00. The number of methoxy groups -OCH3 is 1. The molecule has 0 spiro atoms. The second kappa shape index (κ2) is 10.5. The first-order chi connectivity index (χ1) is 16.6. The Hall–Kier alpha value is -2.39. The molecule has 6 nitrogen and oxygen atoms in total. The molecule has 0 fully saturated rings. The van der Waals surface area contributed by atoms with Gasteiger partial charge in [0, 0.05) is 54.6 Å². The average molecular weight is 495 g/mol. The summed E-state index contributed by atoms with van der Waals surface area (Å²) in [5, 5.41) is 4.52. The fourth-order valence-electron chi connectivity index (χ4n) is 4.58. The maximum atomic E-state index is 12.9. The Morgan fingerprint density at radius 2 is 2.15 bits per heavy atom. The van der Waals surface area contributed by atoms with Gasteiger partial charge in [-0.05, 0) is 50.4 Å². The number of unbranched alkanes of at least 4 members (excludes halogenated alkanes) is 2. The number of fused-ring (bicyclic) bond motifs is 2. The molecule has 3 aromatic heterocycles. The van der Waals surface area contributed by atoms with Crippen LogP contribution in [0.3, 0.4) is 0 Å². The van der Waals surface area contributed by atoms with E-state index in [-0.39, 0.29) is 0 Å². The van der Waals surface area contributed by atoms with Crippen LogP contribution >= 0.6 is 22.7 Å². The summed E-state index contributed by atoms with van der Waals surface area (Å²) in [6, 6.07) is 6.30. The number of ether oxygens (including phenoxy) is 1. The van der Waals surface area contributed by atoms with E-state index in [0.717, 1.165) is 72.0 Å². The normalized spacial score (nSPS) is 13.5. The van der Waals surface area contributed by atoms with Gasteiger partial charge in [0.1, 0.15) is 16.3 Å². The molecule has 0 amide bonds. The fraction of sp³-hybridized carbons (Fsp3) is 0.423. The number of aromatic nitrogens is 3. The van der Waals surface area contributed by atoms with E-state index in [4.69, 9.17) is 9.72 Å². The van der Waals surface area contributed by atoms with Crippen molar-refractivity contribution in [3.63, 3.8) is 0 Å². The third kappa shape index (κ3) is 4.86. The number of rotatable bonds is 10. The van der Waals surface area contributed by atoms with E-state index in [2.05, 4.69) is 28.5 Å². The summed E-state index contributed by atoms with van der Waals surface area (Å²) in [6.45, 7) is 4.60. The molecule has 34 heavy (non-hydrogen) atoms. The number of ketones is 1. The maximum Gasteiger partial charge on any atom is 0.138 e. The molecule has 178 valence electrons. The van der Waals surface area contributed by atoms with Crippen LogP contribution < -0.4 is 5.32 Å². The minimum Gasteiger partial charge on any atom is -0.385 e. The first-order valence-electron chi connectivity index (χ1n) is 11.9. The topological polar surface area (TPSA) is 69.0 Å². The second-order valence-corrected chi connectivity index (χ2v) is 11.0. The molecular weight excluding hydrogens is 464 g/mol. The van der Waals surface area contributed by atoms with Gasteiger partial charge >= 0.3 is 0 Å². The maximum absolute atomic E-state index is 12.9. The molecule has 1 aliphatic heterocycles. The first-order valence-corrected chi connectivity index (χ1v) is 13.5. The highest BCUT2D eigenvalue weighted by molar-refractivity contribution is 7.22. The van der Waals surface area contributed by atoms with Gasteiger partial charge in [-0.2, -0.15) is 0 Å². The largest absolute Gasteiger partial charge is 0.385 e. The number of thiophene rings is 1. The predicted molar refractivity (Wildman–Crippen MR) is 139 cm³/mol. The van der Waals surface area contributed by atoms with Gasteiger partial charge in [0.2, 0.25) is 0 Å². The molecular formula is C26H30N4O2S2. The van der Waals surface area contributed by atoms with Gasteiger partial charge in [0.15, 0.2) is 0 Å². The Morgan fingerprint density at radius 1 is 1.24 bits per heavy atom. The molecule has 4 aromatic rings. The molecule has 0 unspecified atom stereocenters. The number of nitrogens with zero attached hydrogens (tertiary/aromatic N) is 3. The van der Waals surface area contributed by atoms with Crippen LogP contribution in [0.25, 0.3) is 26.5 Å². The lowest BCUT2D eigenvalue weighted by Gasteiger charge is -2.13. The Labute approximate surface area is 208 Å². The third-order valence-corrected chi connectivity index (χ3v) is 8.53. The van der Waals surface area contributed by atoms with Crippen LogP contribution in [-0.4, -0.2) is 40.6 Å². The Morgan fingerprint density at radius 3 is 2.97 bits per heavy atom. The van der Waals surface area contributed by atoms with Gasteiger partial charge < -0.3 is 14.6 Å². The average Bonchev–Trinajstić information content (AvgIpc) is 3.54. The van der Waals surface area contributed by atoms with Crippen molar-refractivity contribution in [2.75, 3.05) is 20.3 Å². The van der Waals surface area contributed by atoms with Crippen LogP contribution in [0.15, 0.2) is 30.7 Å². The van der Waals surface area contributed by atoms with E-state index < -0.39 is 0 Å². The van der Waals surface area contributed by atoms with Gasteiger partial charge in [-0.3, -0.25) is 4.79 Å². The first kappa shape index (κ1) is 23.4. The third-order valence-electron chi connectivity index (χ3n) is 6.26. The van der Waals surface area contributed by atoms with Crippen molar-refractivity contribution in [3.05, 3.63) is 51.7 Å². The van der Waals surface area contributed by atoms with E-state index in [0.29, 0.717) is 18.6 Å². The molecule has 0 aliphatic carbocycles. The number of thiazole rings is 1. The highest BCUT2D eigenvalue weighted by Crippen LogP contribution is 2.42. The number of nitrogens with one attached hydrogen (secondary N) is 1. The van der Waals surface area contributed by atoms with Gasteiger partial charge in [-0.15, -0.1) is 22.7 Å². The number of Topliss-reactive ketones (excluding diaryl/α,β-unsaturated/α-hetero) is 1. The molecule has 0 saturated carbocycles. The molecule has 5 rings (SSSR count). The second-order valence-electron chi connectivity index (χ2n) is 8.81. The summed E-state index contributed by atoms with van der Waals surface area (Å²) in [5.41, 5.74) is 5.60. The van der Waals surface area contributed by atoms with Crippen LogP contribution in [-0.2, 0) is 28.9 Å². The number of imidazole rings is 1. The summed E-state index contributed by atoms with van der Waals surface area (Å²) in [5.74, 6) is 0.320. The van der Waals surface area contributed by atoms with Crippen molar-refractivity contribution in [3.8, 4) is 16.3 Å². The zero-order chi connectivity index (χ0) is 23.5. The standard InChI is InChI=1S/C26H30N4O2S2/c1-17-15-30(16-28-17)20-8-6-9-21-25(20)29-26(34-21)24-19-10-11-27-14-23(19)33-22(24)13-18(31)7-4-3-5-12-32-2/h6,8-9,15-16,27H,3-5,7,10-14H2,1-2H3. The molecule has 1 N–H and O–H groups in total. The van der Waals surface area contributed by atoms with Gasteiger partial charge in [-0.25, -0.2) is 9.97 Å². The SMILES string of the molecule is COCCCCCC(=O)Cc1sc2c(c1-c1nc3c(-n4cnc(C)c4)cccc3s1)CCNC2. The Bertz CT molecular complexity index is 1300. The molecule has 1 aliphatic rings. The van der Waals surface area contributed by atoms with E-state index in [1.165, 1.54) is 20.9 Å². The molecule has 0 bridgehead atoms. The zero-order valence-corrected chi connectivity index (χ0v) is 21.4.